The summed E-state index contributed by atoms with van der Waals surface area (Å²) in [4.78, 5) is 15.9. The molecule has 0 amide bonds. The zero-order chi connectivity index (χ0) is 14.4. The van der Waals surface area contributed by atoms with Crippen LogP contribution in [0.15, 0.2) is 80.8 Å². The Morgan fingerprint density at radius 3 is 2.30 bits per heavy atom. The summed E-state index contributed by atoms with van der Waals surface area (Å²) in [5.41, 5.74) is 0. The van der Waals surface area contributed by atoms with E-state index in [1.165, 1.54) is 27.6 Å². The highest BCUT2D eigenvalue weighted by atomic mass is 32.2. The van der Waals surface area contributed by atoms with Crippen molar-refractivity contribution in [2.75, 3.05) is 6.26 Å². The van der Waals surface area contributed by atoms with Gasteiger partial charge in [0.2, 0.25) is 5.12 Å². The van der Waals surface area contributed by atoms with Gasteiger partial charge >= 0.3 is 0 Å². The fraction of sp³-hybridized carbons (Fsp3) is 0.0625. The third kappa shape index (κ3) is 4.47. The average Bonchev–Trinajstić information content (AvgIpc) is 2.48. The van der Waals surface area contributed by atoms with Crippen molar-refractivity contribution in [3.05, 3.63) is 61.2 Å². The zero-order valence-electron chi connectivity index (χ0n) is 11.0. The van der Waals surface area contributed by atoms with Gasteiger partial charge in [0.05, 0.1) is 0 Å². The van der Waals surface area contributed by atoms with Gasteiger partial charge in [0.25, 0.3) is 0 Å². The lowest BCUT2D eigenvalue weighted by atomic mass is 10.4. The maximum Gasteiger partial charge on any atom is 0.216 e. The number of hydrogen-bond acceptors (Lipinski definition) is 4. The molecule has 0 saturated carbocycles. The summed E-state index contributed by atoms with van der Waals surface area (Å²) in [5.74, 6) is 0. The van der Waals surface area contributed by atoms with Gasteiger partial charge in [-0.3, -0.25) is 4.79 Å². The third-order valence-electron chi connectivity index (χ3n) is 2.49. The molecule has 102 valence electrons. The summed E-state index contributed by atoms with van der Waals surface area (Å²) in [6, 6.07) is 16.5. The third-order valence-corrected chi connectivity index (χ3v) is 5.08. The number of carbonyl (C=O) groups is 1. The Labute approximate surface area is 132 Å². The van der Waals surface area contributed by atoms with Crippen molar-refractivity contribution in [2.45, 2.75) is 19.6 Å². The van der Waals surface area contributed by atoms with E-state index in [4.69, 9.17) is 0 Å². The van der Waals surface area contributed by atoms with Crippen LogP contribution in [0, 0.1) is 0 Å². The van der Waals surface area contributed by atoms with Gasteiger partial charge in [0, 0.05) is 19.6 Å². The van der Waals surface area contributed by atoms with Gasteiger partial charge < -0.3 is 0 Å². The summed E-state index contributed by atoms with van der Waals surface area (Å²) in [6.07, 6.45) is 3.41. The summed E-state index contributed by atoms with van der Waals surface area (Å²) < 4.78 is 0. The van der Waals surface area contributed by atoms with Gasteiger partial charge in [0.15, 0.2) is 0 Å². The number of hydrogen-bond donors (Lipinski definition) is 0. The van der Waals surface area contributed by atoms with E-state index in [0.717, 1.165) is 9.79 Å². The first-order valence-electron chi connectivity index (χ1n) is 5.97. The Morgan fingerprint density at radius 1 is 1.00 bits per heavy atom. The van der Waals surface area contributed by atoms with Crippen molar-refractivity contribution < 1.29 is 4.79 Å². The molecule has 20 heavy (non-hydrogen) atoms. The number of benzene rings is 2. The average molecular weight is 318 g/mol. The molecule has 0 spiro atoms. The van der Waals surface area contributed by atoms with E-state index in [9.17, 15) is 4.79 Å². The molecule has 0 bridgehead atoms. The molecule has 0 radical (unpaired) electrons. The van der Waals surface area contributed by atoms with E-state index >= 15 is 0 Å². The van der Waals surface area contributed by atoms with Crippen LogP contribution in [0.1, 0.15) is 0 Å². The number of thioether (sulfide) groups is 2. The van der Waals surface area contributed by atoms with Gasteiger partial charge in [0.1, 0.15) is 0 Å². The van der Waals surface area contributed by atoms with E-state index in [-0.39, 0.29) is 5.12 Å². The van der Waals surface area contributed by atoms with Crippen LogP contribution in [-0.2, 0) is 4.79 Å². The van der Waals surface area contributed by atoms with Gasteiger partial charge in [-0.2, -0.15) is 0 Å². The maximum atomic E-state index is 11.4. The Morgan fingerprint density at radius 2 is 1.65 bits per heavy atom. The molecule has 0 saturated heterocycles. The Balaban J connectivity index is 2.10. The summed E-state index contributed by atoms with van der Waals surface area (Å²) >= 11 is 4.63. The van der Waals surface area contributed by atoms with Crippen LogP contribution < -0.4 is 0 Å². The smallest absolute Gasteiger partial charge is 0.216 e. The van der Waals surface area contributed by atoms with E-state index in [1.54, 1.807) is 23.5 Å². The molecule has 0 aliphatic heterocycles. The van der Waals surface area contributed by atoms with E-state index in [0.29, 0.717) is 0 Å². The summed E-state index contributed by atoms with van der Waals surface area (Å²) in [7, 11) is 0. The van der Waals surface area contributed by atoms with Gasteiger partial charge in [-0.1, -0.05) is 24.4 Å². The SMILES string of the molecule is C=CC(=O)Sc1cccc(Sc2ccc(SC)cc2)c1. The Kier molecular flexibility index (Phi) is 5.83. The molecule has 2 aromatic carbocycles. The first-order valence-corrected chi connectivity index (χ1v) is 8.83. The first-order chi connectivity index (χ1) is 9.71. The molecule has 0 atom stereocenters. The predicted octanol–water partition coefficient (Wildman–Crippen LogP) is 5.36. The molecule has 0 N–H and O–H groups in total. The molecule has 2 aromatic rings. The Bertz CT molecular complexity index is 605. The highest BCUT2D eigenvalue weighted by Crippen LogP contribution is 2.31. The summed E-state index contributed by atoms with van der Waals surface area (Å²) in [5, 5.41) is -0.0310. The molecule has 0 aliphatic rings. The number of rotatable bonds is 5. The molecule has 2 rings (SSSR count). The minimum Gasteiger partial charge on any atom is -0.282 e. The van der Waals surface area contributed by atoms with Crippen molar-refractivity contribution >= 4 is 40.4 Å². The minimum atomic E-state index is -0.0310. The minimum absolute atomic E-state index is 0.0310. The quantitative estimate of drug-likeness (QED) is 0.544. The van der Waals surface area contributed by atoms with E-state index < -0.39 is 0 Å². The van der Waals surface area contributed by atoms with Crippen LogP contribution in [0.4, 0.5) is 0 Å². The van der Waals surface area contributed by atoms with Crippen molar-refractivity contribution in [1.82, 2.24) is 0 Å². The second-order valence-electron chi connectivity index (χ2n) is 3.88. The molecule has 0 unspecified atom stereocenters. The second kappa shape index (κ2) is 7.62. The van der Waals surface area contributed by atoms with Crippen molar-refractivity contribution in [1.29, 1.82) is 0 Å². The number of carbonyl (C=O) groups excluding carboxylic acids is 1. The summed E-state index contributed by atoms with van der Waals surface area (Å²) in [6.45, 7) is 3.49. The lowest BCUT2D eigenvalue weighted by Crippen LogP contribution is -1.83. The standard InChI is InChI=1S/C16H14OS3/c1-3-16(17)20-15-6-4-5-14(11-15)19-13-9-7-12(18-2)8-10-13/h3-11H,1H2,2H3. The topological polar surface area (TPSA) is 17.1 Å². The monoisotopic (exact) mass is 318 g/mol. The fourth-order valence-electron chi connectivity index (χ4n) is 1.54. The molecule has 0 fully saturated rings. The zero-order valence-corrected chi connectivity index (χ0v) is 13.5. The highest BCUT2D eigenvalue weighted by molar-refractivity contribution is 8.14. The van der Waals surface area contributed by atoms with Gasteiger partial charge in [-0.25, -0.2) is 0 Å². The molecule has 0 heterocycles. The van der Waals surface area contributed by atoms with Gasteiger partial charge in [-0.15, -0.1) is 11.8 Å². The van der Waals surface area contributed by atoms with Crippen molar-refractivity contribution in [2.24, 2.45) is 0 Å². The van der Waals surface area contributed by atoms with Crippen LogP contribution in [0.3, 0.4) is 0 Å². The molecular formula is C16H14OS3. The lowest BCUT2D eigenvalue weighted by Gasteiger charge is -2.04. The lowest BCUT2D eigenvalue weighted by molar-refractivity contribution is -0.107. The predicted molar refractivity (Wildman–Crippen MR) is 89.8 cm³/mol. The molecule has 4 heteroatoms. The normalized spacial score (nSPS) is 10.2. The van der Waals surface area contributed by atoms with Crippen LogP contribution in [0.5, 0.6) is 0 Å². The van der Waals surface area contributed by atoms with Crippen LogP contribution >= 0.6 is 35.3 Å². The highest BCUT2D eigenvalue weighted by Gasteiger charge is 2.03. The Hall–Kier alpha value is -1.10. The molecule has 1 nitrogen and oxygen atoms in total. The molecular weight excluding hydrogens is 304 g/mol. The maximum absolute atomic E-state index is 11.4. The van der Waals surface area contributed by atoms with Crippen LogP contribution in [-0.4, -0.2) is 11.4 Å². The molecule has 0 aliphatic carbocycles. The first kappa shape index (κ1) is 15.3. The second-order valence-corrected chi connectivity index (χ2v) is 6.98. The van der Waals surface area contributed by atoms with Crippen molar-refractivity contribution in [3.8, 4) is 0 Å². The van der Waals surface area contributed by atoms with E-state index in [2.05, 4.69) is 43.2 Å². The van der Waals surface area contributed by atoms with Crippen molar-refractivity contribution in [3.63, 3.8) is 0 Å². The van der Waals surface area contributed by atoms with Crippen LogP contribution in [0.2, 0.25) is 0 Å². The van der Waals surface area contributed by atoms with E-state index in [1.807, 2.05) is 18.2 Å². The largest absolute Gasteiger partial charge is 0.282 e. The molecule has 0 aromatic heterocycles. The fourth-order valence-corrected chi connectivity index (χ4v) is 3.55. The van der Waals surface area contributed by atoms with Crippen LogP contribution in [0.25, 0.3) is 0 Å². The van der Waals surface area contributed by atoms with Gasteiger partial charge in [-0.05, 0) is 66.6 Å².